The molecule has 2 amide bonds. The Bertz CT molecular complexity index is 941. The van der Waals surface area contributed by atoms with Gasteiger partial charge >= 0.3 is 5.97 Å². The lowest BCUT2D eigenvalue weighted by Crippen LogP contribution is -2.28. The zero-order chi connectivity index (χ0) is 21.0. The molecule has 3 rings (SSSR count). The molecule has 1 aliphatic heterocycles. The summed E-state index contributed by atoms with van der Waals surface area (Å²) in [5.74, 6) is -1.12. The normalized spacial score (nSPS) is 15.9. The summed E-state index contributed by atoms with van der Waals surface area (Å²) in [5, 5.41) is 2.70. The van der Waals surface area contributed by atoms with E-state index in [4.69, 9.17) is 9.47 Å². The van der Waals surface area contributed by atoms with Crippen molar-refractivity contribution in [1.82, 2.24) is 0 Å². The molecule has 1 saturated heterocycles. The molecule has 7 heteroatoms. The van der Waals surface area contributed by atoms with Crippen molar-refractivity contribution >= 4 is 29.2 Å². The van der Waals surface area contributed by atoms with Crippen LogP contribution in [0.4, 0.5) is 11.4 Å². The number of rotatable bonds is 6. The van der Waals surface area contributed by atoms with Gasteiger partial charge in [-0.15, -0.1) is 0 Å². The zero-order valence-corrected chi connectivity index (χ0v) is 16.7. The number of esters is 1. The molecule has 1 N–H and O–H groups in total. The first-order valence-electron chi connectivity index (χ1n) is 9.35. The van der Waals surface area contributed by atoms with Crippen LogP contribution in [0, 0.1) is 19.8 Å². The van der Waals surface area contributed by atoms with E-state index in [2.05, 4.69) is 5.32 Å². The molecule has 7 nitrogen and oxygen atoms in total. The number of methoxy groups -OCH3 is 1. The van der Waals surface area contributed by atoms with Gasteiger partial charge in [0.05, 0.1) is 13.0 Å². The number of aryl methyl sites for hydroxylation is 2. The van der Waals surface area contributed by atoms with E-state index in [-0.39, 0.29) is 18.9 Å². The first-order chi connectivity index (χ1) is 13.9. The van der Waals surface area contributed by atoms with Gasteiger partial charge in [0, 0.05) is 30.4 Å². The number of nitrogens with zero attached hydrogens (tertiary/aromatic N) is 1. The molecule has 1 atom stereocenters. The van der Waals surface area contributed by atoms with Gasteiger partial charge in [-0.2, -0.15) is 0 Å². The molecule has 0 spiro atoms. The monoisotopic (exact) mass is 396 g/mol. The molecule has 29 heavy (non-hydrogen) atoms. The Hall–Kier alpha value is -3.35. The Morgan fingerprint density at radius 3 is 2.66 bits per heavy atom. The van der Waals surface area contributed by atoms with Crippen LogP contribution in [0.2, 0.25) is 0 Å². The molecule has 2 aromatic carbocycles. The molecular weight excluding hydrogens is 372 g/mol. The van der Waals surface area contributed by atoms with Crippen LogP contribution in [0.1, 0.15) is 17.5 Å². The van der Waals surface area contributed by atoms with Crippen LogP contribution in [-0.2, 0) is 19.1 Å². The molecule has 1 fully saturated rings. The van der Waals surface area contributed by atoms with Gasteiger partial charge < -0.3 is 19.7 Å². The highest BCUT2D eigenvalue weighted by Gasteiger charge is 2.36. The molecule has 0 saturated carbocycles. The fourth-order valence-electron chi connectivity index (χ4n) is 3.16. The minimum absolute atomic E-state index is 0.0504. The summed E-state index contributed by atoms with van der Waals surface area (Å²) in [6.45, 7) is 3.76. The van der Waals surface area contributed by atoms with E-state index < -0.39 is 24.4 Å². The Morgan fingerprint density at radius 2 is 1.93 bits per heavy atom. The number of hydrogen-bond donors (Lipinski definition) is 1. The highest BCUT2D eigenvalue weighted by molar-refractivity contribution is 6.00. The van der Waals surface area contributed by atoms with Gasteiger partial charge in [-0.05, 0) is 49.2 Å². The lowest BCUT2D eigenvalue weighted by atomic mass is 10.1. The summed E-state index contributed by atoms with van der Waals surface area (Å²) < 4.78 is 10.3. The number of anilines is 2. The van der Waals surface area contributed by atoms with Crippen molar-refractivity contribution in [3.05, 3.63) is 53.6 Å². The van der Waals surface area contributed by atoms with Gasteiger partial charge in [-0.3, -0.25) is 14.4 Å². The molecule has 0 bridgehead atoms. The first kappa shape index (κ1) is 20.4. The predicted molar refractivity (Wildman–Crippen MR) is 109 cm³/mol. The SMILES string of the molecule is COc1cccc(N2C[C@H](C(=O)OCC(=O)Nc3ccc(C)c(C)c3)CC2=O)c1. The molecule has 0 aromatic heterocycles. The van der Waals surface area contributed by atoms with E-state index in [0.717, 1.165) is 11.1 Å². The minimum atomic E-state index is -0.608. The predicted octanol–water partition coefficient (Wildman–Crippen LogP) is 2.85. The third-order valence-corrected chi connectivity index (χ3v) is 4.96. The summed E-state index contributed by atoms with van der Waals surface area (Å²) in [4.78, 5) is 38.3. The van der Waals surface area contributed by atoms with Crippen molar-refractivity contribution < 1.29 is 23.9 Å². The second kappa shape index (κ2) is 8.77. The highest BCUT2D eigenvalue weighted by Crippen LogP contribution is 2.28. The van der Waals surface area contributed by atoms with Gasteiger partial charge in [0.25, 0.3) is 5.91 Å². The first-order valence-corrected chi connectivity index (χ1v) is 9.35. The fraction of sp³-hybridized carbons (Fsp3) is 0.318. The largest absolute Gasteiger partial charge is 0.497 e. The maximum atomic E-state index is 12.3. The Kier molecular flexibility index (Phi) is 6.16. The molecule has 0 aliphatic carbocycles. The quantitative estimate of drug-likeness (QED) is 0.759. The summed E-state index contributed by atoms with van der Waals surface area (Å²) in [5.41, 5.74) is 3.49. The summed E-state index contributed by atoms with van der Waals surface area (Å²) in [7, 11) is 1.55. The summed E-state index contributed by atoms with van der Waals surface area (Å²) >= 11 is 0. The number of ether oxygens (including phenoxy) is 2. The van der Waals surface area contributed by atoms with Crippen LogP contribution < -0.4 is 15.0 Å². The summed E-state index contributed by atoms with van der Waals surface area (Å²) in [6.07, 6.45) is 0.0504. The van der Waals surface area contributed by atoms with Crippen LogP contribution in [-0.4, -0.2) is 38.0 Å². The van der Waals surface area contributed by atoms with Crippen LogP contribution in [0.15, 0.2) is 42.5 Å². The number of amides is 2. The Labute approximate surface area is 169 Å². The van der Waals surface area contributed by atoms with E-state index in [0.29, 0.717) is 17.1 Å². The molecule has 152 valence electrons. The van der Waals surface area contributed by atoms with Gasteiger partial charge in [0.1, 0.15) is 5.75 Å². The van der Waals surface area contributed by atoms with E-state index in [9.17, 15) is 14.4 Å². The molecule has 1 aliphatic rings. The number of carbonyl (C=O) groups is 3. The number of carbonyl (C=O) groups excluding carboxylic acids is 3. The van der Waals surface area contributed by atoms with Gasteiger partial charge in [-0.25, -0.2) is 0 Å². The average Bonchev–Trinajstić information content (AvgIpc) is 3.11. The topological polar surface area (TPSA) is 84.9 Å². The maximum absolute atomic E-state index is 12.3. The van der Waals surface area contributed by atoms with Crippen LogP contribution in [0.5, 0.6) is 5.75 Å². The molecular formula is C22H24N2O5. The Morgan fingerprint density at radius 1 is 1.14 bits per heavy atom. The number of hydrogen-bond acceptors (Lipinski definition) is 5. The number of nitrogens with one attached hydrogen (secondary N) is 1. The van der Waals surface area contributed by atoms with Gasteiger partial charge in [-0.1, -0.05) is 12.1 Å². The zero-order valence-electron chi connectivity index (χ0n) is 16.7. The highest BCUT2D eigenvalue weighted by atomic mass is 16.5. The Balaban J connectivity index is 1.53. The van der Waals surface area contributed by atoms with Crippen LogP contribution in [0.25, 0.3) is 0 Å². The van der Waals surface area contributed by atoms with E-state index in [1.54, 1.807) is 37.4 Å². The third kappa shape index (κ3) is 4.93. The molecule has 1 heterocycles. The standard InChI is InChI=1S/C22H24N2O5/c1-14-7-8-17(9-15(14)2)23-20(25)13-29-22(27)16-10-21(26)24(12-16)18-5-4-6-19(11-18)28-3/h4-9,11,16H,10,12-13H2,1-3H3,(H,23,25)/t16-/m1/s1. The fourth-order valence-corrected chi connectivity index (χ4v) is 3.16. The lowest BCUT2D eigenvalue weighted by molar-refractivity contribution is -0.151. The van der Waals surface area contributed by atoms with Crippen molar-refractivity contribution in [2.75, 3.05) is 30.5 Å². The average molecular weight is 396 g/mol. The van der Waals surface area contributed by atoms with Crippen LogP contribution in [0.3, 0.4) is 0 Å². The van der Waals surface area contributed by atoms with E-state index in [1.807, 2.05) is 26.0 Å². The van der Waals surface area contributed by atoms with Gasteiger partial charge in [0.15, 0.2) is 6.61 Å². The maximum Gasteiger partial charge on any atom is 0.311 e. The summed E-state index contributed by atoms with van der Waals surface area (Å²) in [6, 6.07) is 12.6. The van der Waals surface area contributed by atoms with Crippen molar-refractivity contribution in [1.29, 1.82) is 0 Å². The molecule has 0 radical (unpaired) electrons. The minimum Gasteiger partial charge on any atom is -0.497 e. The number of benzene rings is 2. The smallest absolute Gasteiger partial charge is 0.311 e. The van der Waals surface area contributed by atoms with Crippen molar-refractivity contribution in [2.45, 2.75) is 20.3 Å². The van der Waals surface area contributed by atoms with Crippen molar-refractivity contribution in [3.63, 3.8) is 0 Å². The van der Waals surface area contributed by atoms with E-state index >= 15 is 0 Å². The second-order valence-corrected chi connectivity index (χ2v) is 7.06. The third-order valence-electron chi connectivity index (χ3n) is 4.96. The van der Waals surface area contributed by atoms with Gasteiger partial charge in [0.2, 0.25) is 5.91 Å². The lowest BCUT2D eigenvalue weighted by Gasteiger charge is -2.17. The van der Waals surface area contributed by atoms with E-state index in [1.165, 1.54) is 4.90 Å². The molecule has 2 aromatic rings. The van der Waals surface area contributed by atoms with Crippen molar-refractivity contribution in [3.8, 4) is 5.75 Å². The van der Waals surface area contributed by atoms with Crippen LogP contribution >= 0.6 is 0 Å². The second-order valence-electron chi connectivity index (χ2n) is 7.06. The van der Waals surface area contributed by atoms with Crippen molar-refractivity contribution in [2.24, 2.45) is 5.92 Å². The molecule has 0 unspecified atom stereocenters.